The van der Waals surface area contributed by atoms with Gasteiger partial charge in [0.1, 0.15) is 13.2 Å². The van der Waals surface area contributed by atoms with Gasteiger partial charge < -0.3 is 14.2 Å². The highest BCUT2D eigenvalue weighted by molar-refractivity contribution is 5.71. The summed E-state index contributed by atoms with van der Waals surface area (Å²) in [6.45, 7) is 9.01. The lowest BCUT2D eigenvalue weighted by Crippen LogP contribution is -2.30. The SMILES string of the molecule is CCCCCCCCCCCCCC(=O)OC[C@H](COC(=O)CCCCCCCCCCCCCCCC(C)C)OC(=O)CCCCCCCCCCCCC. The molecule has 6 nitrogen and oxygen atoms in total. The monoisotopic (exact) mass is 793 g/mol. The van der Waals surface area contributed by atoms with E-state index < -0.39 is 6.10 Å². The summed E-state index contributed by atoms with van der Waals surface area (Å²) in [7, 11) is 0. The Balaban J connectivity index is 4.28. The number of ether oxygens (including phenoxy) is 3. The fourth-order valence-corrected chi connectivity index (χ4v) is 7.51. The Kier molecular flexibility index (Phi) is 43.2. The van der Waals surface area contributed by atoms with Gasteiger partial charge in [0.05, 0.1) is 0 Å². The van der Waals surface area contributed by atoms with Crippen LogP contribution in [0.1, 0.15) is 278 Å². The molecular weight excluding hydrogens is 697 g/mol. The number of hydrogen-bond acceptors (Lipinski definition) is 6. The smallest absolute Gasteiger partial charge is 0.306 e. The predicted molar refractivity (Wildman–Crippen MR) is 238 cm³/mol. The Morgan fingerprint density at radius 2 is 0.589 bits per heavy atom. The van der Waals surface area contributed by atoms with Crippen molar-refractivity contribution >= 4 is 17.9 Å². The van der Waals surface area contributed by atoms with Gasteiger partial charge in [-0.05, 0) is 25.2 Å². The first kappa shape index (κ1) is 54.4. The molecule has 0 unspecified atom stereocenters. The fraction of sp³-hybridized carbons (Fsp3) is 0.940. The summed E-state index contributed by atoms with van der Waals surface area (Å²) in [5.74, 6) is -0.00847. The van der Waals surface area contributed by atoms with Crippen LogP contribution in [-0.2, 0) is 28.6 Å². The lowest BCUT2D eigenvalue weighted by molar-refractivity contribution is -0.167. The standard InChI is InChI=1S/C50H96O6/c1-5-7-9-11-13-15-20-25-29-33-37-41-48(51)54-44-47(56-50(53)43-39-35-31-27-21-16-14-12-10-8-6-2)45-55-49(52)42-38-34-30-26-23-19-17-18-22-24-28-32-36-40-46(3)4/h46-47H,5-45H2,1-4H3/t47-/m1/s1. The Hall–Kier alpha value is -1.59. The lowest BCUT2D eigenvalue weighted by Gasteiger charge is -2.18. The lowest BCUT2D eigenvalue weighted by atomic mass is 10.0. The second-order valence-electron chi connectivity index (χ2n) is 17.6. The normalized spacial score (nSPS) is 11.9. The highest BCUT2D eigenvalue weighted by Crippen LogP contribution is 2.17. The number of carbonyl (C=O) groups is 3. The van der Waals surface area contributed by atoms with Gasteiger partial charge in [-0.25, -0.2) is 0 Å². The van der Waals surface area contributed by atoms with Gasteiger partial charge in [0, 0.05) is 19.3 Å². The minimum absolute atomic E-state index is 0.0630. The summed E-state index contributed by atoms with van der Waals surface area (Å²) >= 11 is 0. The number of carbonyl (C=O) groups excluding carboxylic acids is 3. The molecule has 0 N–H and O–H groups in total. The van der Waals surface area contributed by atoms with Crippen LogP contribution in [0.4, 0.5) is 0 Å². The quantitative estimate of drug-likeness (QED) is 0.0347. The number of rotatable bonds is 45. The van der Waals surface area contributed by atoms with Crippen molar-refractivity contribution in [2.75, 3.05) is 13.2 Å². The molecule has 0 aromatic rings. The Morgan fingerprint density at radius 1 is 0.339 bits per heavy atom. The Labute approximate surface area is 348 Å². The molecule has 0 amide bonds. The van der Waals surface area contributed by atoms with E-state index in [4.69, 9.17) is 14.2 Å². The second kappa shape index (κ2) is 44.5. The van der Waals surface area contributed by atoms with Crippen LogP contribution in [-0.4, -0.2) is 37.2 Å². The third-order valence-electron chi connectivity index (χ3n) is 11.3. The molecule has 0 aliphatic rings. The molecule has 0 aliphatic carbocycles. The molecule has 0 fully saturated rings. The van der Waals surface area contributed by atoms with E-state index in [0.717, 1.165) is 63.7 Å². The largest absolute Gasteiger partial charge is 0.462 e. The molecular formula is C50H96O6. The predicted octanol–water partition coefficient (Wildman–Crippen LogP) is 15.9. The maximum atomic E-state index is 12.7. The molecule has 0 aliphatic heterocycles. The molecule has 0 rings (SSSR count). The van der Waals surface area contributed by atoms with Crippen LogP contribution in [0, 0.1) is 5.92 Å². The second-order valence-corrected chi connectivity index (χ2v) is 17.6. The number of esters is 3. The summed E-state index contributed by atoms with van der Waals surface area (Å²) in [6.07, 6.45) is 45.1. The van der Waals surface area contributed by atoms with Gasteiger partial charge in [-0.3, -0.25) is 14.4 Å². The van der Waals surface area contributed by atoms with E-state index in [1.165, 1.54) is 173 Å². The first-order valence-corrected chi connectivity index (χ1v) is 24.9. The van der Waals surface area contributed by atoms with Crippen LogP contribution in [0.5, 0.6) is 0 Å². The number of hydrogen-bond donors (Lipinski definition) is 0. The molecule has 56 heavy (non-hydrogen) atoms. The van der Waals surface area contributed by atoms with Gasteiger partial charge in [0.15, 0.2) is 6.10 Å². The fourth-order valence-electron chi connectivity index (χ4n) is 7.51. The summed E-state index contributed by atoms with van der Waals surface area (Å²) in [6, 6.07) is 0. The zero-order chi connectivity index (χ0) is 41.0. The van der Waals surface area contributed by atoms with Gasteiger partial charge in [0.25, 0.3) is 0 Å². The van der Waals surface area contributed by atoms with Crippen molar-refractivity contribution < 1.29 is 28.6 Å². The first-order valence-electron chi connectivity index (χ1n) is 24.9. The van der Waals surface area contributed by atoms with E-state index in [2.05, 4.69) is 27.7 Å². The molecule has 0 heterocycles. The first-order chi connectivity index (χ1) is 27.4. The van der Waals surface area contributed by atoms with E-state index in [1.54, 1.807) is 0 Å². The van der Waals surface area contributed by atoms with Gasteiger partial charge in [-0.1, -0.05) is 240 Å². The van der Waals surface area contributed by atoms with Gasteiger partial charge in [-0.2, -0.15) is 0 Å². The van der Waals surface area contributed by atoms with Crippen LogP contribution in [0.15, 0.2) is 0 Å². The molecule has 0 bridgehead atoms. The summed E-state index contributed by atoms with van der Waals surface area (Å²) in [4.78, 5) is 37.8. The highest BCUT2D eigenvalue weighted by atomic mass is 16.6. The van der Waals surface area contributed by atoms with Crippen molar-refractivity contribution in [2.24, 2.45) is 5.92 Å². The van der Waals surface area contributed by atoms with Crippen LogP contribution in [0.3, 0.4) is 0 Å². The molecule has 0 aromatic carbocycles. The maximum absolute atomic E-state index is 12.7. The third kappa shape index (κ3) is 43.5. The maximum Gasteiger partial charge on any atom is 0.306 e. The Morgan fingerprint density at radius 3 is 0.875 bits per heavy atom. The minimum atomic E-state index is -0.759. The van der Waals surface area contributed by atoms with E-state index >= 15 is 0 Å². The molecule has 332 valence electrons. The van der Waals surface area contributed by atoms with Crippen molar-refractivity contribution in [3.8, 4) is 0 Å². The number of unbranched alkanes of at least 4 members (excludes halogenated alkanes) is 32. The molecule has 0 saturated heterocycles. The van der Waals surface area contributed by atoms with Gasteiger partial charge in [-0.15, -0.1) is 0 Å². The van der Waals surface area contributed by atoms with Crippen molar-refractivity contribution in [2.45, 2.75) is 284 Å². The van der Waals surface area contributed by atoms with Crippen LogP contribution in [0.25, 0.3) is 0 Å². The Bertz CT molecular complexity index is 841. The van der Waals surface area contributed by atoms with Crippen molar-refractivity contribution in [3.05, 3.63) is 0 Å². The topological polar surface area (TPSA) is 78.9 Å². The molecule has 6 heteroatoms. The van der Waals surface area contributed by atoms with E-state index in [1.807, 2.05) is 0 Å². The van der Waals surface area contributed by atoms with Crippen molar-refractivity contribution in [3.63, 3.8) is 0 Å². The van der Waals surface area contributed by atoms with Crippen LogP contribution < -0.4 is 0 Å². The minimum Gasteiger partial charge on any atom is -0.462 e. The molecule has 1 atom stereocenters. The van der Waals surface area contributed by atoms with E-state index in [0.29, 0.717) is 19.3 Å². The van der Waals surface area contributed by atoms with Crippen molar-refractivity contribution in [1.82, 2.24) is 0 Å². The van der Waals surface area contributed by atoms with Gasteiger partial charge >= 0.3 is 17.9 Å². The molecule has 0 aromatic heterocycles. The zero-order valence-corrected chi connectivity index (χ0v) is 38.1. The summed E-state index contributed by atoms with van der Waals surface area (Å²) in [5.41, 5.74) is 0. The summed E-state index contributed by atoms with van der Waals surface area (Å²) < 4.78 is 16.8. The average Bonchev–Trinajstić information content (AvgIpc) is 3.18. The molecule has 0 saturated carbocycles. The van der Waals surface area contributed by atoms with E-state index in [-0.39, 0.29) is 31.1 Å². The van der Waals surface area contributed by atoms with Crippen LogP contribution >= 0.6 is 0 Å². The van der Waals surface area contributed by atoms with Gasteiger partial charge in [0.2, 0.25) is 0 Å². The van der Waals surface area contributed by atoms with Crippen LogP contribution in [0.2, 0.25) is 0 Å². The highest BCUT2D eigenvalue weighted by Gasteiger charge is 2.19. The molecule has 0 radical (unpaired) electrons. The average molecular weight is 793 g/mol. The summed E-state index contributed by atoms with van der Waals surface area (Å²) in [5, 5.41) is 0. The van der Waals surface area contributed by atoms with E-state index in [9.17, 15) is 14.4 Å². The van der Waals surface area contributed by atoms with Crippen molar-refractivity contribution in [1.29, 1.82) is 0 Å². The third-order valence-corrected chi connectivity index (χ3v) is 11.3. The zero-order valence-electron chi connectivity index (χ0n) is 38.1. The molecule has 0 spiro atoms.